The van der Waals surface area contributed by atoms with Gasteiger partial charge >= 0.3 is 0 Å². The van der Waals surface area contributed by atoms with Crippen LogP contribution in [0.5, 0.6) is 0 Å². The summed E-state index contributed by atoms with van der Waals surface area (Å²) in [7, 11) is 0. The highest BCUT2D eigenvalue weighted by atomic mass is 16.6. The second-order valence-electron chi connectivity index (χ2n) is 7.96. The standard InChI is InChI=1S/C20H22O3/c1-9-5-6-13-14(11(3)8-22-13)17-15(9)16-12(7-10(2)18(16)21)19-20(17,4)23-19/h8,10,15,17,19H,1,5-7H2,2-4H3/t10-,15-,17+,19+,20-/m1/s1. The number of ether oxygens (including phenoxy) is 1. The van der Waals surface area contributed by atoms with Gasteiger partial charge in [-0.1, -0.05) is 19.1 Å². The molecule has 1 saturated heterocycles. The molecule has 1 aliphatic heterocycles. The van der Waals surface area contributed by atoms with Gasteiger partial charge in [-0.05, 0) is 37.8 Å². The molecule has 0 aromatic carbocycles. The van der Waals surface area contributed by atoms with Crippen molar-refractivity contribution in [3.63, 3.8) is 0 Å². The molecule has 0 amide bonds. The molecule has 2 heterocycles. The summed E-state index contributed by atoms with van der Waals surface area (Å²) in [5.41, 5.74) is 5.72. The van der Waals surface area contributed by atoms with Crippen molar-refractivity contribution in [1.82, 2.24) is 0 Å². The molecule has 1 aromatic heterocycles. The fraction of sp³-hybridized carbons (Fsp3) is 0.550. The minimum atomic E-state index is -0.204. The number of carbonyl (C=O) groups is 1. The molecule has 23 heavy (non-hydrogen) atoms. The Hall–Kier alpha value is -1.61. The Labute approximate surface area is 136 Å². The van der Waals surface area contributed by atoms with Gasteiger partial charge in [0, 0.05) is 35.3 Å². The fourth-order valence-electron chi connectivity index (χ4n) is 5.37. The second kappa shape index (κ2) is 4.07. The van der Waals surface area contributed by atoms with Gasteiger partial charge in [0.1, 0.15) is 17.5 Å². The first-order valence-electron chi connectivity index (χ1n) is 8.63. The molecule has 120 valence electrons. The van der Waals surface area contributed by atoms with Crippen molar-refractivity contribution in [2.45, 2.75) is 57.7 Å². The van der Waals surface area contributed by atoms with E-state index in [4.69, 9.17) is 9.15 Å². The lowest BCUT2D eigenvalue weighted by Crippen LogP contribution is -2.36. The smallest absolute Gasteiger partial charge is 0.162 e. The van der Waals surface area contributed by atoms with Crippen LogP contribution < -0.4 is 0 Å². The van der Waals surface area contributed by atoms with Gasteiger partial charge in [-0.2, -0.15) is 0 Å². The van der Waals surface area contributed by atoms with E-state index in [0.717, 1.165) is 30.6 Å². The molecule has 0 N–H and O–H groups in total. The second-order valence-corrected chi connectivity index (χ2v) is 7.96. The maximum atomic E-state index is 12.9. The molecule has 0 radical (unpaired) electrons. The van der Waals surface area contributed by atoms with Crippen LogP contribution in [-0.4, -0.2) is 17.5 Å². The van der Waals surface area contributed by atoms with Crippen LogP contribution in [0.1, 0.15) is 49.5 Å². The third kappa shape index (κ3) is 1.52. The van der Waals surface area contributed by atoms with E-state index in [1.54, 1.807) is 0 Å². The van der Waals surface area contributed by atoms with E-state index in [1.165, 1.54) is 22.3 Å². The summed E-state index contributed by atoms with van der Waals surface area (Å²) in [6.45, 7) is 10.7. The van der Waals surface area contributed by atoms with Gasteiger partial charge in [0.15, 0.2) is 5.78 Å². The molecule has 0 spiro atoms. The molecule has 0 unspecified atom stereocenters. The highest BCUT2D eigenvalue weighted by Crippen LogP contribution is 2.65. The van der Waals surface area contributed by atoms with Crippen LogP contribution in [0.3, 0.4) is 0 Å². The number of fused-ring (bicyclic) bond motifs is 7. The van der Waals surface area contributed by atoms with Crippen molar-refractivity contribution < 1.29 is 13.9 Å². The summed E-state index contributed by atoms with van der Waals surface area (Å²) in [6, 6.07) is 0. The number of aryl methyl sites for hydroxylation is 2. The van der Waals surface area contributed by atoms with Crippen molar-refractivity contribution in [3.05, 3.63) is 46.4 Å². The van der Waals surface area contributed by atoms with Gasteiger partial charge < -0.3 is 9.15 Å². The molecule has 3 heteroatoms. The number of ketones is 1. The van der Waals surface area contributed by atoms with Gasteiger partial charge in [0.05, 0.1) is 6.26 Å². The highest BCUT2D eigenvalue weighted by Gasteiger charge is 2.68. The Morgan fingerprint density at radius 1 is 1.35 bits per heavy atom. The molecule has 1 aromatic rings. The average molecular weight is 310 g/mol. The number of hydrogen-bond acceptors (Lipinski definition) is 3. The fourth-order valence-corrected chi connectivity index (χ4v) is 5.37. The van der Waals surface area contributed by atoms with Gasteiger partial charge in [-0.25, -0.2) is 0 Å². The van der Waals surface area contributed by atoms with Crippen LogP contribution in [0.15, 0.2) is 34.0 Å². The molecular formula is C20H22O3. The largest absolute Gasteiger partial charge is 0.469 e. The van der Waals surface area contributed by atoms with Gasteiger partial charge in [0.2, 0.25) is 0 Å². The zero-order valence-corrected chi connectivity index (χ0v) is 13.9. The minimum absolute atomic E-state index is 0.0909. The van der Waals surface area contributed by atoms with Crippen LogP contribution in [0, 0.1) is 18.8 Å². The van der Waals surface area contributed by atoms with Crippen molar-refractivity contribution in [2.24, 2.45) is 11.8 Å². The van der Waals surface area contributed by atoms with Crippen LogP contribution in [0.2, 0.25) is 0 Å². The summed E-state index contributed by atoms with van der Waals surface area (Å²) >= 11 is 0. The summed E-state index contributed by atoms with van der Waals surface area (Å²) in [5, 5.41) is 0. The zero-order chi connectivity index (χ0) is 16.1. The van der Waals surface area contributed by atoms with Crippen LogP contribution in [-0.2, 0) is 16.0 Å². The summed E-state index contributed by atoms with van der Waals surface area (Å²) in [6.07, 6.45) is 4.60. The van der Waals surface area contributed by atoms with E-state index in [9.17, 15) is 4.79 Å². The SMILES string of the molecule is C=C1CCc2occ(C)c2[C@H]2[C@H]1C1=C(C[C@@H](C)C1=O)[C@@H]1O[C@@]12C. The molecule has 0 saturated carbocycles. The Bertz CT molecular complexity index is 796. The van der Waals surface area contributed by atoms with Crippen LogP contribution in [0.4, 0.5) is 0 Å². The average Bonchev–Trinajstić information content (AvgIpc) is 3.02. The van der Waals surface area contributed by atoms with Crippen molar-refractivity contribution in [2.75, 3.05) is 0 Å². The molecule has 3 aliphatic carbocycles. The number of allylic oxidation sites excluding steroid dienone is 2. The van der Waals surface area contributed by atoms with E-state index < -0.39 is 0 Å². The third-order valence-corrected chi connectivity index (χ3v) is 6.53. The van der Waals surface area contributed by atoms with Crippen molar-refractivity contribution in [3.8, 4) is 0 Å². The number of hydrogen-bond donors (Lipinski definition) is 0. The first-order chi connectivity index (χ1) is 10.9. The molecule has 1 fully saturated rings. The third-order valence-electron chi connectivity index (χ3n) is 6.53. The number of rotatable bonds is 0. The minimum Gasteiger partial charge on any atom is -0.469 e. The Morgan fingerprint density at radius 3 is 2.91 bits per heavy atom. The molecule has 0 bridgehead atoms. The lowest BCUT2D eigenvalue weighted by molar-refractivity contribution is -0.118. The van der Waals surface area contributed by atoms with E-state index in [2.05, 4.69) is 20.4 Å². The highest BCUT2D eigenvalue weighted by molar-refractivity contribution is 6.02. The Balaban J connectivity index is 1.77. The van der Waals surface area contributed by atoms with Crippen LogP contribution >= 0.6 is 0 Å². The topological polar surface area (TPSA) is 42.7 Å². The molecule has 5 atom stereocenters. The predicted molar refractivity (Wildman–Crippen MR) is 86.2 cm³/mol. The maximum absolute atomic E-state index is 12.9. The molecule has 5 rings (SSSR count). The van der Waals surface area contributed by atoms with Gasteiger partial charge in [-0.15, -0.1) is 0 Å². The lowest BCUT2D eigenvalue weighted by atomic mass is 9.65. The monoisotopic (exact) mass is 310 g/mol. The van der Waals surface area contributed by atoms with Gasteiger partial charge in [0.25, 0.3) is 0 Å². The predicted octanol–water partition coefficient (Wildman–Crippen LogP) is 3.87. The van der Waals surface area contributed by atoms with Gasteiger partial charge in [-0.3, -0.25) is 4.79 Å². The van der Waals surface area contributed by atoms with E-state index in [0.29, 0.717) is 5.78 Å². The first kappa shape index (κ1) is 13.8. The first-order valence-corrected chi connectivity index (χ1v) is 8.63. The quantitative estimate of drug-likeness (QED) is 0.540. The summed E-state index contributed by atoms with van der Waals surface area (Å²) in [4.78, 5) is 12.9. The normalized spacial score (nSPS) is 41.2. The van der Waals surface area contributed by atoms with E-state index in [-0.39, 0.29) is 29.5 Å². The summed E-state index contributed by atoms with van der Waals surface area (Å²) < 4.78 is 12.1. The molecule has 3 nitrogen and oxygen atoms in total. The van der Waals surface area contributed by atoms with Crippen molar-refractivity contribution in [1.29, 1.82) is 0 Å². The van der Waals surface area contributed by atoms with Crippen molar-refractivity contribution >= 4 is 5.78 Å². The van der Waals surface area contributed by atoms with E-state index in [1.807, 2.05) is 13.2 Å². The number of carbonyl (C=O) groups excluding carboxylic acids is 1. The summed E-state index contributed by atoms with van der Waals surface area (Å²) in [5.74, 6) is 1.74. The lowest BCUT2D eigenvalue weighted by Gasteiger charge is -2.35. The number of furan rings is 1. The van der Waals surface area contributed by atoms with Crippen LogP contribution in [0.25, 0.3) is 0 Å². The molecular weight excluding hydrogens is 288 g/mol. The van der Waals surface area contributed by atoms with E-state index >= 15 is 0 Å². The number of epoxide rings is 1. The Morgan fingerprint density at radius 2 is 2.13 bits per heavy atom. The zero-order valence-electron chi connectivity index (χ0n) is 13.9. The Kier molecular flexibility index (Phi) is 2.44. The molecule has 4 aliphatic rings. The number of Topliss-reactive ketones (excluding diaryl/α,β-unsaturated/α-hetero) is 1. The maximum Gasteiger partial charge on any atom is 0.162 e.